The monoisotopic (exact) mass is 391 g/mol. The molecule has 4 rings (SSSR count). The number of nitrogens with one attached hydrogen (secondary N) is 3. The van der Waals surface area contributed by atoms with Gasteiger partial charge in [0.1, 0.15) is 5.75 Å². The molecule has 0 unspecified atom stereocenters. The second-order valence-electron chi connectivity index (χ2n) is 6.91. The number of hydrogen-bond acceptors (Lipinski definition) is 5. The first kappa shape index (κ1) is 18.9. The molecule has 0 saturated heterocycles. The molecule has 2 amide bonds. The lowest BCUT2D eigenvalue weighted by Crippen LogP contribution is -2.44. The molecule has 0 radical (unpaired) electrons. The maximum atomic E-state index is 12.8. The van der Waals surface area contributed by atoms with Crippen LogP contribution in [0, 0.1) is 0 Å². The van der Waals surface area contributed by atoms with Crippen LogP contribution in [0.5, 0.6) is 5.75 Å². The number of hydroxylamine groups is 1. The first-order valence-corrected chi connectivity index (χ1v) is 9.33. The molecule has 0 bridgehead atoms. The number of hydrogen-bond donors (Lipinski definition) is 4. The smallest absolute Gasteiger partial charge is 0.281 e. The van der Waals surface area contributed by atoms with Gasteiger partial charge >= 0.3 is 0 Å². The lowest BCUT2D eigenvalue weighted by Gasteiger charge is -2.26. The van der Waals surface area contributed by atoms with Gasteiger partial charge in [0.2, 0.25) is 5.91 Å². The van der Waals surface area contributed by atoms with Crippen LogP contribution in [-0.4, -0.2) is 29.7 Å². The number of fused-ring (bicyclic) bond motifs is 2. The molecule has 1 heterocycles. The van der Waals surface area contributed by atoms with Crippen LogP contribution in [0.25, 0.3) is 10.8 Å². The van der Waals surface area contributed by atoms with Crippen LogP contribution in [0.3, 0.4) is 0 Å². The van der Waals surface area contributed by atoms with Gasteiger partial charge in [-0.25, -0.2) is 5.48 Å². The van der Waals surface area contributed by atoms with Crippen LogP contribution >= 0.6 is 0 Å². The van der Waals surface area contributed by atoms with Gasteiger partial charge in [-0.2, -0.15) is 0 Å². The summed E-state index contributed by atoms with van der Waals surface area (Å²) in [5, 5.41) is 16.9. The van der Waals surface area contributed by atoms with Crippen LogP contribution in [0.2, 0.25) is 0 Å². The Kier molecular flexibility index (Phi) is 5.41. The van der Waals surface area contributed by atoms with E-state index in [2.05, 4.69) is 10.6 Å². The molecule has 148 valence electrons. The largest absolute Gasteiger partial charge is 0.484 e. The van der Waals surface area contributed by atoms with E-state index in [0.717, 1.165) is 27.6 Å². The van der Waals surface area contributed by atoms with Crippen LogP contribution in [0.4, 0.5) is 5.69 Å². The lowest BCUT2D eigenvalue weighted by atomic mass is 9.95. The topological polar surface area (TPSA) is 99.7 Å². The zero-order valence-corrected chi connectivity index (χ0v) is 15.6. The Morgan fingerprint density at radius 3 is 2.76 bits per heavy atom. The molecule has 3 aromatic rings. The Morgan fingerprint density at radius 1 is 1.07 bits per heavy atom. The third-order valence-electron chi connectivity index (χ3n) is 5.00. The second kappa shape index (κ2) is 8.30. The van der Waals surface area contributed by atoms with Gasteiger partial charge < -0.3 is 15.4 Å². The minimum Gasteiger partial charge on any atom is -0.484 e. The van der Waals surface area contributed by atoms with Gasteiger partial charge in [-0.15, -0.1) is 0 Å². The highest BCUT2D eigenvalue weighted by Gasteiger charge is 2.25. The molecule has 0 saturated carbocycles. The standard InChI is InChI=1S/C22H21N3O4/c26-21(25-28)13-29-17-9-8-15-11-20(23-12-16(15)10-17)22(27)24-19-7-3-5-14-4-1-2-6-18(14)19/h1-10,20,23,28H,11-13H2,(H,24,27)(H,25,26)/t20-/m0/s1. The van der Waals surface area contributed by atoms with E-state index < -0.39 is 5.91 Å². The van der Waals surface area contributed by atoms with E-state index in [1.807, 2.05) is 54.6 Å². The Bertz CT molecular complexity index is 1060. The molecule has 4 N–H and O–H groups in total. The summed E-state index contributed by atoms with van der Waals surface area (Å²) in [5.41, 5.74) is 4.40. The van der Waals surface area contributed by atoms with E-state index in [1.54, 1.807) is 6.07 Å². The Labute approximate surface area is 167 Å². The minimum absolute atomic E-state index is 0.0769. The predicted octanol–water partition coefficient (Wildman–Crippen LogP) is 2.38. The number of ether oxygens (including phenoxy) is 1. The van der Waals surface area contributed by atoms with E-state index in [4.69, 9.17) is 9.94 Å². The van der Waals surface area contributed by atoms with E-state index in [9.17, 15) is 9.59 Å². The summed E-state index contributed by atoms with van der Waals surface area (Å²) in [7, 11) is 0. The molecule has 29 heavy (non-hydrogen) atoms. The van der Waals surface area contributed by atoms with Crippen LogP contribution in [0.15, 0.2) is 60.7 Å². The average molecular weight is 391 g/mol. The molecule has 7 nitrogen and oxygen atoms in total. The zero-order valence-electron chi connectivity index (χ0n) is 15.6. The summed E-state index contributed by atoms with van der Waals surface area (Å²) < 4.78 is 5.34. The number of carbonyl (C=O) groups is 2. The number of anilines is 1. The van der Waals surface area contributed by atoms with Crippen molar-refractivity contribution in [3.63, 3.8) is 0 Å². The fourth-order valence-electron chi connectivity index (χ4n) is 3.50. The highest BCUT2D eigenvalue weighted by atomic mass is 16.5. The number of carbonyl (C=O) groups excluding carboxylic acids is 2. The second-order valence-corrected chi connectivity index (χ2v) is 6.91. The molecule has 0 aromatic heterocycles. The molecule has 1 atom stereocenters. The first-order valence-electron chi connectivity index (χ1n) is 9.33. The summed E-state index contributed by atoms with van der Waals surface area (Å²) in [6.07, 6.45) is 0.559. The lowest BCUT2D eigenvalue weighted by molar-refractivity contribution is -0.131. The fraction of sp³-hybridized carbons (Fsp3) is 0.182. The zero-order chi connectivity index (χ0) is 20.2. The van der Waals surface area contributed by atoms with E-state index >= 15 is 0 Å². The highest BCUT2D eigenvalue weighted by Crippen LogP contribution is 2.25. The third kappa shape index (κ3) is 4.21. The van der Waals surface area contributed by atoms with Crippen LogP contribution in [0.1, 0.15) is 11.1 Å². The van der Waals surface area contributed by atoms with E-state index in [1.165, 1.54) is 5.48 Å². The van der Waals surface area contributed by atoms with Crippen molar-refractivity contribution in [1.29, 1.82) is 0 Å². The maximum absolute atomic E-state index is 12.8. The summed E-state index contributed by atoms with van der Waals surface area (Å²) in [4.78, 5) is 23.9. The number of benzene rings is 3. The van der Waals surface area contributed by atoms with Crippen molar-refractivity contribution in [2.75, 3.05) is 11.9 Å². The maximum Gasteiger partial charge on any atom is 0.281 e. The highest BCUT2D eigenvalue weighted by molar-refractivity contribution is 6.03. The number of amides is 2. The number of rotatable bonds is 5. The SMILES string of the molecule is O=C(COc1ccc2c(c1)CN[C@H](C(=O)Nc1cccc3ccccc13)C2)NO. The fourth-order valence-corrected chi connectivity index (χ4v) is 3.50. The van der Waals surface area contributed by atoms with E-state index in [0.29, 0.717) is 18.7 Å². The van der Waals surface area contributed by atoms with Gasteiger partial charge in [0.15, 0.2) is 6.61 Å². The minimum atomic E-state index is -0.619. The molecule has 1 aliphatic rings. The first-order chi connectivity index (χ1) is 14.1. The van der Waals surface area contributed by atoms with Gasteiger partial charge in [-0.3, -0.25) is 14.8 Å². The van der Waals surface area contributed by atoms with Gasteiger partial charge in [0, 0.05) is 17.6 Å². The predicted molar refractivity (Wildman–Crippen MR) is 109 cm³/mol. The van der Waals surface area contributed by atoms with Crippen LogP contribution < -0.4 is 20.9 Å². The van der Waals surface area contributed by atoms with Crippen molar-refractivity contribution in [3.8, 4) is 5.75 Å². The molecule has 0 fully saturated rings. The van der Waals surface area contributed by atoms with Crippen molar-refractivity contribution >= 4 is 28.3 Å². The molecule has 3 aromatic carbocycles. The molecule has 0 spiro atoms. The normalized spacial score (nSPS) is 15.4. The van der Waals surface area contributed by atoms with E-state index in [-0.39, 0.29) is 18.6 Å². The molecular weight excluding hydrogens is 370 g/mol. The molecule has 1 aliphatic heterocycles. The van der Waals surface area contributed by atoms with Crippen molar-refractivity contribution in [1.82, 2.24) is 10.8 Å². The molecular formula is C22H21N3O4. The van der Waals surface area contributed by atoms with Crippen molar-refractivity contribution < 1.29 is 19.5 Å². The average Bonchev–Trinajstić information content (AvgIpc) is 2.77. The summed E-state index contributed by atoms with van der Waals surface area (Å²) >= 11 is 0. The van der Waals surface area contributed by atoms with Gasteiger partial charge in [0.05, 0.1) is 6.04 Å². The Morgan fingerprint density at radius 2 is 1.90 bits per heavy atom. The van der Waals surface area contributed by atoms with Gasteiger partial charge in [-0.05, 0) is 41.1 Å². The van der Waals surface area contributed by atoms with Crippen LogP contribution in [-0.2, 0) is 22.6 Å². The van der Waals surface area contributed by atoms with Gasteiger partial charge in [-0.1, -0.05) is 42.5 Å². The molecule has 7 heteroatoms. The van der Waals surface area contributed by atoms with Gasteiger partial charge in [0.25, 0.3) is 5.91 Å². The van der Waals surface area contributed by atoms with Crippen molar-refractivity contribution in [2.45, 2.75) is 19.0 Å². The quantitative estimate of drug-likeness (QED) is 0.395. The Balaban J connectivity index is 1.44. The Hall–Kier alpha value is -3.42. The molecule has 0 aliphatic carbocycles. The van der Waals surface area contributed by atoms with Crippen molar-refractivity contribution in [3.05, 3.63) is 71.8 Å². The third-order valence-corrected chi connectivity index (χ3v) is 5.00. The summed E-state index contributed by atoms with van der Waals surface area (Å²) in [5.74, 6) is -0.161. The summed E-state index contributed by atoms with van der Waals surface area (Å²) in [6, 6.07) is 19.0. The summed E-state index contributed by atoms with van der Waals surface area (Å²) in [6.45, 7) is 0.255. The van der Waals surface area contributed by atoms with Crippen molar-refractivity contribution in [2.24, 2.45) is 0 Å².